The van der Waals surface area contributed by atoms with E-state index in [1.54, 1.807) is 22.1 Å². The second-order valence-corrected chi connectivity index (χ2v) is 17.2. The van der Waals surface area contributed by atoms with E-state index in [1.807, 2.05) is 76.2 Å². The molecule has 0 aliphatic carbocycles. The molecule has 2 aliphatic heterocycles. The maximum atomic E-state index is 15.9. The Kier molecular flexibility index (Phi) is 12.5. The Balaban J connectivity index is 1.05. The topological polar surface area (TPSA) is 175 Å². The van der Waals surface area contributed by atoms with Gasteiger partial charge in [-0.15, -0.1) is 0 Å². The molecule has 0 radical (unpaired) electrons. The number of likely N-dealkylation sites (tertiary alicyclic amines) is 2. The Morgan fingerprint density at radius 2 is 1.21 bits per heavy atom. The van der Waals surface area contributed by atoms with Gasteiger partial charge in [0.2, 0.25) is 11.8 Å². The van der Waals surface area contributed by atoms with Gasteiger partial charge in [-0.3, -0.25) is 9.59 Å². The molecule has 61 heavy (non-hydrogen) atoms. The van der Waals surface area contributed by atoms with Crippen LogP contribution in [0.15, 0.2) is 66.9 Å². The van der Waals surface area contributed by atoms with Crippen molar-refractivity contribution >= 4 is 35.0 Å². The second-order valence-electron chi connectivity index (χ2n) is 17.2. The van der Waals surface area contributed by atoms with Gasteiger partial charge < -0.3 is 39.9 Å². The van der Waals surface area contributed by atoms with Crippen molar-refractivity contribution in [2.24, 2.45) is 23.7 Å². The molecular formula is C46H55FN8O6. The number of hydrogen-bond acceptors (Lipinski definition) is 8. The highest BCUT2D eigenvalue weighted by atomic mass is 19.1. The van der Waals surface area contributed by atoms with Gasteiger partial charge in [-0.25, -0.2) is 23.9 Å². The number of aromatic amines is 2. The largest absolute Gasteiger partial charge is 0.453 e. The highest BCUT2D eigenvalue weighted by molar-refractivity contribution is 5.88. The lowest BCUT2D eigenvalue weighted by Gasteiger charge is -2.30. The number of carbonyl (C=O) groups excluding carboxylic acids is 4. The quantitative estimate of drug-likeness (QED) is 0.104. The summed E-state index contributed by atoms with van der Waals surface area (Å²) in [5.41, 5.74) is 5.82. The minimum Gasteiger partial charge on any atom is -0.453 e. The van der Waals surface area contributed by atoms with Crippen LogP contribution in [0.2, 0.25) is 0 Å². The molecule has 3 aromatic carbocycles. The number of carbonyl (C=O) groups is 4. The molecule has 0 saturated carbocycles. The number of nitrogens with zero attached hydrogens (tertiary/aromatic N) is 4. The number of methoxy groups -OCH3 is 2. The Bertz CT molecular complexity index is 2410. The van der Waals surface area contributed by atoms with Crippen LogP contribution in [0.3, 0.4) is 0 Å². The summed E-state index contributed by atoms with van der Waals surface area (Å²) in [5, 5.41) is 5.39. The van der Waals surface area contributed by atoms with Gasteiger partial charge in [0.25, 0.3) is 0 Å². The zero-order chi connectivity index (χ0) is 43.7. The Hall–Kier alpha value is -6.25. The molecule has 4 N–H and O–H groups in total. The van der Waals surface area contributed by atoms with Crippen molar-refractivity contribution in [1.82, 2.24) is 40.4 Å². The molecule has 2 saturated heterocycles. The first-order valence-corrected chi connectivity index (χ1v) is 20.9. The molecule has 0 bridgehead atoms. The molecule has 4 amide bonds. The lowest BCUT2D eigenvalue weighted by atomic mass is 9.98. The molecule has 7 rings (SSSR count). The lowest BCUT2D eigenvalue weighted by Crippen LogP contribution is -2.51. The van der Waals surface area contributed by atoms with Crippen LogP contribution in [-0.2, 0) is 19.1 Å². The van der Waals surface area contributed by atoms with Crippen molar-refractivity contribution in [3.05, 3.63) is 84.3 Å². The minimum atomic E-state index is -0.739. The number of rotatable bonds is 11. The predicted molar refractivity (Wildman–Crippen MR) is 229 cm³/mol. The van der Waals surface area contributed by atoms with Gasteiger partial charge in [0.05, 0.1) is 49.2 Å². The molecule has 6 atom stereocenters. The van der Waals surface area contributed by atoms with Crippen LogP contribution in [0.1, 0.15) is 78.1 Å². The van der Waals surface area contributed by atoms with Crippen LogP contribution < -0.4 is 10.6 Å². The summed E-state index contributed by atoms with van der Waals surface area (Å²) in [7, 11) is 2.55. The number of nitrogens with one attached hydrogen (secondary N) is 4. The van der Waals surface area contributed by atoms with Crippen molar-refractivity contribution in [2.45, 2.75) is 78.6 Å². The summed E-state index contributed by atoms with van der Waals surface area (Å²) in [6, 6.07) is 16.5. The SMILES string of the molecule is COC(=O)N[C@H](C(=O)N1C[C@@H](C)C[C@H]1c1ncc(-c2ccc(-c3ccc(-c4ccc5nc([C@@H]6C[C@H](C)CN6C(=O)[C@@H](NC(=O)OC)C(C)C)[nH]c5c4)cc3F)cc2)[nH]1)C(C)C. The maximum absolute atomic E-state index is 15.9. The molecule has 2 fully saturated rings. The predicted octanol–water partition coefficient (Wildman–Crippen LogP) is 8.01. The van der Waals surface area contributed by atoms with E-state index in [2.05, 4.69) is 39.4 Å². The average molecular weight is 835 g/mol. The summed E-state index contributed by atoms with van der Waals surface area (Å²) < 4.78 is 25.4. The number of alkyl carbamates (subject to hydrolysis) is 2. The molecule has 15 heteroatoms. The zero-order valence-electron chi connectivity index (χ0n) is 35.9. The van der Waals surface area contributed by atoms with Crippen LogP contribution in [0.25, 0.3) is 44.5 Å². The fraction of sp³-hybridized carbons (Fsp3) is 0.435. The number of imidazole rings is 2. The van der Waals surface area contributed by atoms with E-state index < -0.39 is 24.3 Å². The molecule has 2 aliphatic rings. The van der Waals surface area contributed by atoms with Crippen LogP contribution in [-0.4, -0.2) is 93.1 Å². The molecular weight excluding hydrogens is 780 g/mol. The summed E-state index contributed by atoms with van der Waals surface area (Å²) in [4.78, 5) is 71.5. The number of halogens is 1. The normalized spacial score (nSPS) is 20.0. The van der Waals surface area contributed by atoms with Gasteiger partial charge in [-0.05, 0) is 77.0 Å². The van der Waals surface area contributed by atoms with Gasteiger partial charge in [-0.1, -0.05) is 84.0 Å². The van der Waals surface area contributed by atoms with Crippen molar-refractivity contribution in [2.75, 3.05) is 27.3 Å². The van der Waals surface area contributed by atoms with Gasteiger partial charge in [-0.2, -0.15) is 0 Å². The van der Waals surface area contributed by atoms with Crippen LogP contribution in [0, 0.1) is 29.5 Å². The third-order valence-corrected chi connectivity index (χ3v) is 11.9. The van der Waals surface area contributed by atoms with E-state index in [4.69, 9.17) is 14.5 Å². The molecule has 322 valence electrons. The van der Waals surface area contributed by atoms with E-state index in [0.717, 1.165) is 40.7 Å². The molecule has 14 nitrogen and oxygen atoms in total. The fourth-order valence-electron chi connectivity index (χ4n) is 8.63. The van der Waals surface area contributed by atoms with E-state index in [-0.39, 0.29) is 53.4 Å². The van der Waals surface area contributed by atoms with Gasteiger partial charge in [0, 0.05) is 18.7 Å². The van der Waals surface area contributed by atoms with E-state index in [1.165, 1.54) is 20.3 Å². The number of H-pyrrole nitrogens is 2. The Labute approximate surface area is 355 Å². The minimum absolute atomic E-state index is 0.141. The molecule has 5 aromatic rings. The second kappa shape index (κ2) is 17.8. The first-order chi connectivity index (χ1) is 29.1. The standard InChI is InChI=1S/C46H55FN8O6/c1-24(2)39(52-45(58)60-7)43(56)54-22-26(5)17-37(54)41-48-21-36(51-41)29-11-9-28(10-12-29)32-15-13-30(19-33(32)47)31-14-16-34-35(20-31)50-42(49-34)38-18-27(6)23-55(38)44(57)40(25(3)4)53-46(59)61-8/h9-16,19-21,24-27,37-40H,17-18,22-23H2,1-8H3,(H,48,51)(H,49,50)(H,52,58)(H,53,59)/t26-,27-,37-,38-,39-,40-/m0/s1. The van der Waals surface area contributed by atoms with Crippen molar-refractivity contribution in [1.29, 1.82) is 0 Å². The summed E-state index contributed by atoms with van der Waals surface area (Å²) >= 11 is 0. The Morgan fingerprint density at radius 3 is 1.75 bits per heavy atom. The van der Waals surface area contributed by atoms with E-state index in [0.29, 0.717) is 41.4 Å². The van der Waals surface area contributed by atoms with Gasteiger partial charge >= 0.3 is 12.2 Å². The number of fused-ring (bicyclic) bond motifs is 1. The summed E-state index contributed by atoms with van der Waals surface area (Å²) in [6.45, 7) is 12.8. The first kappa shape index (κ1) is 42.9. The summed E-state index contributed by atoms with van der Waals surface area (Å²) in [6.07, 6.45) is 1.89. The number of hydrogen-bond donors (Lipinski definition) is 4. The van der Waals surface area contributed by atoms with Gasteiger partial charge in [0.1, 0.15) is 29.5 Å². The van der Waals surface area contributed by atoms with E-state index >= 15 is 4.39 Å². The van der Waals surface area contributed by atoms with Crippen molar-refractivity contribution < 1.29 is 33.0 Å². The monoisotopic (exact) mass is 834 g/mol. The first-order valence-electron chi connectivity index (χ1n) is 20.9. The number of aromatic nitrogens is 4. The number of ether oxygens (including phenoxy) is 2. The van der Waals surface area contributed by atoms with Crippen molar-refractivity contribution in [3.8, 4) is 33.5 Å². The summed E-state index contributed by atoms with van der Waals surface area (Å²) in [5.74, 6) is 0.797. The molecule has 4 heterocycles. The Morgan fingerprint density at radius 1 is 0.705 bits per heavy atom. The van der Waals surface area contributed by atoms with Crippen molar-refractivity contribution in [3.63, 3.8) is 0 Å². The smallest absolute Gasteiger partial charge is 0.407 e. The molecule has 0 unspecified atom stereocenters. The van der Waals surface area contributed by atoms with Crippen LogP contribution >= 0.6 is 0 Å². The fourth-order valence-corrected chi connectivity index (χ4v) is 8.63. The van der Waals surface area contributed by atoms with E-state index in [9.17, 15) is 19.2 Å². The third kappa shape index (κ3) is 8.96. The third-order valence-electron chi connectivity index (χ3n) is 11.9. The van der Waals surface area contributed by atoms with Crippen LogP contribution in [0.5, 0.6) is 0 Å². The average Bonchev–Trinajstić information content (AvgIpc) is 4.06. The number of benzene rings is 3. The number of amides is 4. The highest BCUT2D eigenvalue weighted by Gasteiger charge is 2.41. The zero-order valence-corrected chi connectivity index (χ0v) is 35.9. The van der Waals surface area contributed by atoms with Gasteiger partial charge in [0.15, 0.2) is 0 Å². The lowest BCUT2D eigenvalue weighted by molar-refractivity contribution is -0.136. The molecule has 2 aromatic heterocycles. The highest BCUT2D eigenvalue weighted by Crippen LogP contribution is 2.38. The maximum Gasteiger partial charge on any atom is 0.407 e. The van der Waals surface area contributed by atoms with Crippen LogP contribution in [0.4, 0.5) is 14.0 Å². The molecule has 0 spiro atoms.